The molecule has 0 aromatic heterocycles. The molecule has 1 saturated heterocycles. The summed E-state index contributed by atoms with van der Waals surface area (Å²) < 4.78 is 11.1. The van der Waals surface area contributed by atoms with Gasteiger partial charge in [0.05, 0.1) is 19.3 Å². The van der Waals surface area contributed by atoms with Crippen molar-refractivity contribution in [3.63, 3.8) is 0 Å². The second kappa shape index (κ2) is 8.60. The smallest absolute Gasteiger partial charge is 0.157 e. The molecule has 0 bridgehead atoms. The number of hydrogen-bond acceptors (Lipinski definition) is 4. The fraction of sp³-hybridized carbons (Fsp3) is 0.600. The molecule has 1 aromatic rings. The molecule has 0 spiro atoms. The first-order valence-corrected chi connectivity index (χ1v) is 7.50. The maximum atomic E-state index is 9.45. The second-order valence-corrected chi connectivity index (χ2v) is 5.35. The summed E-state index contributed by atoms with van der Waals surface area (Å²) >= 11 is 5.96. The van der Waals surface area contributed by atoms with Gasteiger partial charge in [0.25, 0.3) is 0 Å². The Labute approximate surface area is 125 Å². The maximum absolute atomic E-state index is 9.45. The van der Waals surface area contributed by atoms with Crippen molar-refractivity contribution in [2.75, 3.05) is 26.4 Å². The van der Waals surface area contributed by atoms with Crippen LogP contribution in [0.4, 0.5) is 0 Å². The fourth-order valence-corrected chi connectivity index (χ4v) is 2.48. The van der Waals surface area contributed by atoms with E-state index in [9.17, 15) is 5.11 Å². The summed E-state index contributed by atoms with van der Waals surface area (Å²) in [6.07, 6.45) is 3.20. The zero-order valence-corrected chi connectivity index (χ0v) is 12.3. The first kappa shape index (κ1) is 15.7. The van der Waals surface area contributed by atoms with Gasteiger partial charge in [0.15, 0.2) is 6.29 Å². The summed E-state index contributed by atoms with van der Waals surface area (Å²) in [5, 5.41) is 13.4. The highest BCUT2D eigenvalue weighted by molar-refractivity contribution is 6.30. The van der Waals surface area contributed by atoms with Gasteiger partial charge < -0.3 is 19.9 Å². The monoisotopic (exact) mass is 299 g/mol. The van der Waals surface area contributed by atoms with Gasteiger partial charge in [-0.25, -0.2) is 0 Å². The van der Waals surface area contributed by atoms with Crippen LogP contribution in [0.1, 0.15) is 30.9 Å². The van der Waals surface area contributed by atoms with E-state index < -0.39 is 0 Å². The lowest BCUT2D eigenvalue weighted by Crippen LogP contribution is -2.30. The van der Waals surface area contributed by atoms with E-state index in [2.05, 4.69) is 5.32 Å². The van der Waals surface area contributed by atoms with Crippen LogP contribution in [0.2, 0.25) is 5.02 Å². The SMILES string of the molecule is OC[C@H](NCCO[C@@H]1CCCCO1)c1cccc(Cl)c1. The van der Waals surface area contributed by atoms with Crippen molar-refractivity contribution in [3.8, 4) is 0 Å². The molecule has 1 aromatic carbocycles. The molecule has 112 valence electrons. The molecule has 2 rings (SSSR count). The molecule has 4 nitrogen and oxygen atoms in total. The van der Waals surface area contributed by atoms with Crippen LogP contribution in [-0.4, -0.2) is 37.8 Å². The Kier molecular flexibility index (Phi) is 6.76. The van der Waals surface area contributed by atoms with E-state index in [0.29, 0.717) is 18.2 Å². The number of halogens is 1. The molecule has 1 heterocycles. The molecule has 0 radical (unpaired) electrons. The van der Waals surface area contributed by atoms with Crippen molar-refractivity contribution in [3.05, 3.63) is 34.9 Å². The molecular weight excluding hydrogens is 278 g/mol. The average Bonchev–Trinajstić information content (AvgIpc) is 2.48. The third-order valence-electron chi connectivity index (χ3n) is 3.37. The molecule has 20 heavy (non-hydrogen) atoms. The molecule has 1 aliphatic heterocycles. The number of rotatable bonds is 7. The molecule has 0 unspecified atom stereocenters. The second-order valence-electron chi connectivity index (χ2n) is 4.91. The Morgan fingerprint density at radius 2 is 2.35 bits per heavy atom. The van der Waals surface area contributed by atoms with E-state index >= 15 is 0 Å². The first-order chi connectivity index (χ1) is 9.79. The average molecular weight is 300 g/mol. The van der Waals surface area contributed by atoms with Crippen molar-refractivity contribution < 1.29 is 14.6 Å². The summed E-state index contributed by atoms with van der Waals surface area (Å²) in [7, 11) is 0. The first-order valence-electron chi connectivity index (χ1n) is 7.12. The van der Waals surface area contributed by atoms with E-state index in [1.165, 1.54) is 6.42 Å². The van der Waals surface area contributed by atoms with Crippen molar-refractivity contribution in [1.82, 2.24) is 5.32 Å². The Morgan fingerprint density at radius 1 is 1.45 bits per heavy atom. The standard InChI is InChI=1S/C15H22ClNO3/c16-13-5-3-4-12(10-13)14(11-18)17-7-9-20-15-6-1-2-8-19-15/h3-5,10,14-15,17-18H,1-2,6-9,11H2/t14-,15+/m0/s1. The molecule has 0 amide bonds. The van der Waals surface area contributed by atoms with Gasteiger partial charge in [0.2, 0.25) is 0 Å². The van der Waals surface area contributed by atoms with Crippen molar-refractivity contribution >= 4 is 11.6 Å². The molecule has 1 aliphatic rings. The fourth-order valence-electron chi connectivity index (χ4n) is 2.28. The summed E-state index contributed by atoms with van der Waals surface area (Å²) in [5.41, 5.74) is 0.980. The Bertz CT molecular complexity index is 396. The zero-order chi connectivity index (χ0) is 14.2. The topological polar surface area (TPSA) is 50.7 Å². The van der Waals surface area contributed by atoms with E-state index in [-0.39, 0.29) is 18.9 Å². The highest BCUT2D eigenvalue weighted by Gasteiger charge is 2.14. The summed E-state index contributed by atoms with van der Waals surface area (Å²) in [6, 6.07) is 7.40. The Morgan fingerprint density at radius 3 is 3.05 bits per heavy atom. The number of aliphatic hydroxyl groups is 1. The predicted octanol–water partition coefficient (Wildman–Crippen LogP) is 2.51. The molecular formula is C15H22ClNO3. The lowest BCUT2D eigenvalue weighted by Gasteiger charge is -2.23. The van der Waals surface area contributed by atoms with E-state index in [4.69, 9.17) is 21.1 Å². The van der Waals surface area contributed by atoms with E-state index in [0.717, 1.165) is 25.0 Å². The number of ether oxygens (including phenoxy) is 2. The van der Waals surface area contributed by atoms with Gasteiger partial charge in [-0.15, -0.1) is 0 Å². The lowest BCUT2D eigenvalue weighted by molar-refractivity contribution is -0.161. The number of nitrogens with one attached hydrogen (secondary N) is 1. The van der Waals surface area contributed by atoms with Crippen LogP contribution in [0.5, 0.6) is 0 Å². The van der Waals surface area contributed by atoms with Gasteiger partial charge >= 0.3 is 0 Å². The van der Waals surface area contributed by atoms with Gasteiger partial charge in [0, 0.05) is 18.2 Å². The predicted molar refractivity (Wildman–Crippen MR) is 78.8 cm³/mol. The van der Waals surface area contributed by atoms with Gasteiger partial charge in [-0.2, -0.15) is 0 Å². The third kappa shape index (κ3) is 5.04. The maximum Gasteiger partial charge on any atom is 0.157 e. The normalized spacial score (nSPS) is 20.8. The summed E-state index contributed by atoms with van der Waals surface area (Å²) in [6.45, 7) is 2.06. The summed E-state index contributed by atoms with van der Waals surface area (Å²) in [5.74, 6) is 0. The van der Waals surface area contributed by atoms with Gasteiger partial charge in [-0.3, -0.25) is 0 Å². The van der Waals surface area contributed by atoms with E-state index in [1.54, 1.807) is 0 Å². The zero-order valence-electron chi connectivity index (χ0n) is 11.6. The number of hydrogen-bond donors (Lipinski definition) is 2. The van der Waals surface area contributed by atoms with Gasteiger partial charge in [-0.05, 0) is 37.0 Å². The van der Waals surface area contributed by atoms with Crippen molar-refractivity contribution in [1.29, 1.82) is 0 Å². The lowest BCUT2D eigenvalue weighted by atomic mass is 10.1. The molecule has 0 saturated carbocycles. The van der Waals surface area contributed by atoms with Crippen LogP contribution >= 0.6 is 11.6 Å². The minimum atomic E-state index is -0.121. The molecule has 5 heteroatoms. The summed E-state index contributed by atoms with van der Waals surface area (Å²) in [4.78, 5) is 0. The van der Waals surface area contributed by atoms with Gasteiger partial charge in [-0.1, -0.05) is 23.7 Å². The largest absolute Gasteiger partial charge is 0.394 e. The van der Waals surface area contributed by atoms with Gasteiger partial charge in [0.1, 0.15) is 0 Å². The molecule has 1 fully saturated rings. The van der Waals surface area contributed by atoms with Crippen LogP contribution < -0.4 is 5.32 Å². The highest BCUT2D eigenvalue weighted by Crippen LogP contribution is 2.17. The molecule has 2 atom stereocenters. The molecule has 0 aliphatic carbocycles. The minimum absolute atomic E-state index is 0.0280. The van der Waals surface area contributed by atoms with Crippen molar-refractivity contribution in [2.24, 2.45) is 0 Å². The Hall–Kier alpha value is -0.650. The van der Waals surface area contributed by atoms with Crippen LogP contribution in [0.15, 0.2) is 24.3 Å². The minimum Gasteiger partial charge on any atom is -0.394 e. The molecule has 2 N–H and O–H groups in total. The van der Waals surface area contributed by atoms with Crippen molar-refractivity contribution in [2.45, 2.75) is 31.6 Å². The van der Waals surface area contributed by atoms with Crippen LogP contribution in [-0.2, 0) is 9.47 Å². The van der Waals surface area contributed by atoms with Crippen LogP contribution in [0, 0.1) is 0 Å². The number of benzene rings is 1. The third-order valence-corrected chi connectivity index (χ3v) is 3.60. The quantitative estimate of drug-likeness (QED) is 0.760. The Balaban J connectivity index is 1.71. The van der Waals surface area contributed by atoms with Crippen LogP contribution in [0.25, 0.3) is 0 Å². The van der Waals surface area contributed by atoms with Crippen LogP contribution in [0.3, 0.4) is 0 Å². The number of aliphatic hydroxyl groups excluding tert-OH is 1. The highest BCUT2D eigenvalue weighted by atomic mass is 35.5. The van der Waals surface area contributed by atoms with E-state index in [1.807, 2.05) is 24.3 Å².